The molecule has 1 saturated heterocycles. The van der Waals surface area contributed by atoms with Crippen LogP contribution >= 0.6 is 11.8 Å². The van der Waals surface area contributed by atoms with Crippen LogP contribution in [0.15, 0.2) is 93.0 Å². The summed E-state index contributed by atoms with van der Waals surface area (Å²) in [5, 5.41) is 20.6. The lowest BCUT2D eigenvalue weighted by Gasteiger charge is -2.34. The predicted octanol–water partition coefficient (Wildman–Crippen LogP) is 6.81. The van der Waals surface area contributed by atoms with Crippen LogP contribution in [0.2, 0.25) is 0 Å². The molecule has 1 fully saturated rings. The lowest BCUT2D eigenvalue weighted by Crippen LogP contribution is -2.48. The summed E-state index contributed by atoms with van der Waals surface area (Å²) in [4.78, 5) is 10.0. The molecule has 42 heavy (non-hydrogen) atoms. The van der Waals surface area contributed by atoms with Gasteiger partial charge in [-0.3, -0.25) is 4.90 Å². The Hall–Kier alpha value is -4.16. The molecule has 1 heterocycles. The summed E-state index contributed by atoms with van der Waals surface area (Å²) >= 11 is 1.46. The Labute approximate surface area is 246 Å². The number of amidine groups is 2. The van der Waals surface area contributed by atoms with E-state index in [0.717, 1.165) is 28.9 Å². The second-order valence-electron chi connectivity index (χ2n) is 9.95. The third-order valence-corrected chi connectivity index (χ3v) is 7.80. The van der Waals surface area contributed by atoms with E-state index in [9.17, 15) is 18.3 Å². The van der Waals surface area contributed by atoms with Gasteiger partial charge in [-0.2, -0.15) is 5.10 Å². The average molecular weight is 597 g/mol. The van der Waals surface area contributed by atoms with Crippen molar-refractivity contribution < 1.29 is 23.0 Å². The lowest BCUT2D eigenvalue weighted by molar-refractivity contribution is -0.274. The van der Waals surface area contributed by atoms with Crippen molar-refractivity contribution in [2.45, 2.75) is 51.0 Å². The zero-order valence-electron chi connectivity index (χ0n) is 23.4. The number of ether oxygens (including phenoxy) is 1. The van der Waals surface area contributed by atoms with E-state index < -0.39 is 12.1 Å². The van der Waals surface area contributed by atoms with Crippen molar-refractivity contribution in [3.05, 3.63) is 89.5 Å². The number of halogens is 3. The summed E-state index contributed by atoms with van der Waals surface area (Å²) in [6.45, 7) is 7.97. The van der Waals surface area contributed by atoms with Gasteiger partial charge in [0.15, 0.2) is 10.9 Å². The highest BCUT2D eigenvalue weighted by Gasteiger charge is 2.47. The molecule has 3 aromatic rings. The SMILES string of the molecule is CC(C)c1ccccc1N1/C(=N/N=C/c2ccc(C(N)=NC=Nc3ccc(OC(F)(F)F)cc3)cc2)SC(C)C1(C)O. The van der Waals surface area contributed by atoms with E-state index >= 15 is 0 Å². The summed E-state index contributed by atoms with van der Waals surface area (Å²) in [5.74, 6) is 0.131. The molecule has 1 aliphatic heterocycles. The molecule has 0 radical (unpaired) electrons. The van der Waals surface area contributed by atoms with Gasteiger partial charge >= 0.3 is 6.36 Å². The zero-order valence-corrected chi connectivity index (χ0v) is 24.3. The van der Waals surface area contributed by atoms with Crippen molar-refractivity contribution in [1.29, 1.82) is 0 Å². The molecule has 0 aromatic heterocycles. The molecule has 0 bridgehead atoms. The van der Waals surface area contributed by atoms with Gasteiger partial charge in [-0.25, -0.2) is 9.98 Å². The molecule has 8 nitrogen and oxygen atoms in total. The predicted molar refractivity (Wildman–Crippen MR) is 164 cm³/mol. The number of benzene rings is 3. The second kappa shape index (κ2) is 12.8. The quantitative estimate of drug-likeness (QED) is 0.169. The van der Waals surface area contributed by atoms with Crippen molar-refractivity contribution in [3.63, 3.8) is 0 Å². The molecule has 2 unspecified atom stereocenters. The van der Waals surface area contributed by atoms with Crippen LogP contribution in [0.1, 0.15) is 50.3 Å². The first kappa shape index (κ1) is 30.8. The minimum atomic E-state index is -4.75. The van der Waals surface area contributed by atoms with Crippen molar-refractivity contribution in [2.24, 2.45) is 25.9 Å². The fraction of sp³-hybridized carbons (Fsp3) is 0.267. The maximum Gasteiger partial charge on any atom is 0.573 e. The molecule has 3 N–H and O–H groups in total. The first-order valence-electron chi connectivity index (χ1n) is 13.1. The molecular weight excluding hydrogens is 565 g/mol. The van der Waals surface area contributed by atoms with Crippen molar-refractivity contribution in [1.82, 2.24) is 0 Å². The van der Waals surface area contributed by atoms with E-state index in [4.69, 9.17) is 5.73 Å². The average Bonchev–Trinajstić information content (AvgIpc) is 3.16. The molecule has 2 atom stereocenters. The van der Waals surface area contributed by atoms with Crippen molar-refractivity contribution in [3.8, 4) is 5.75 Å². The van der Waals surface area contributed by atoms with Gasteiger partial charge in [-0.15, -0.1) is 18.3 Å². The summed E-state index contributed by atoms with van der Waals surface area (Å²) in [5.41, 5.74) is 8.73. The van der Waals surface area contributed by atoms with E-state index in [1.807, 2.05) is 42.2 Å². The Morgan fingerprint density at radius 1 is 1.07 bits per heavy atom. The Bertz CT molecular complexity index is 1500. The van der Waals surface area contributed by atoms with Crippen molar-refractivity contribution in [2.75, 3.05) is 4.90 Å². The number of anilines is 1. The highest BCUT2D eigenvalue weighted by atomic mass is 32.2. The van der Waals surface area contributed by atoms with E-state index in [1.54, 1.807) is 25.3 Å². The monoisotopic (exact) mass is 596 g/mol. The van der Waals surface area contributed by atoms with Gasteiger partial charge in [0, 0.05) is 11.3 Å². The van der Waals surface area contributed by atoms with Crippen LogP contribution in [-0.4, -0.2) is 46.0 Å². The third kappa shape index (κ3) is 7.56. The van der Waals surface area contributed by atoms with Crippen LogP contribution in [0.4, 0.5) is 24.5 Å². The molecule has 0 amide bonds. The lowest BCUT2D eigenvalue weighted by atomic mass is 9.99. The third-order valence-electron chi connectivity index (χ3n) is 6.53. The molecule has 4 rings (SSSR count). The number of alkyl halides is 3. The number of rotatable bonds is 8. The van der Waals surface area contributed by atoms with Gasteiger partial charge in [0.25, 0.3) is 0 Å². The Morgan fingerprint density at radius 2 is 1.74 bits per heavy atom. The smallest absolute Gasteiger partial charge is 0.406 e. The zero-order chi connectivity index (χ0) is 30.5. The van der Waals surface area contributed by atoms with Crippen molar-refractivity contribution >= 4 is 46.7 Å². The van der Waals surface area contributed by atoms with Crippen LogP contribution in [0.25, 0.3) is 0 Å². The van der Waals surface area contributed by atoms with Crippen LogP contribution in [-0.2, 0) is 0 Å². The number of para-hydroxylation sites is 1. The standard InChI is InChI=1S/C30H31F3N6O2S/c1-19(2)25-7-5-6-8-26(25)39-28(42-20(3)29(39,4)40)38-37-17-21-9-11-22(12-10-21)27(34)36-18-35-23-13-15-24(16-14-23)41-30(31,32)33/h5-20,40H,1-4H3,(H2,34,35,36)/b37-17+,38-28-. The highest BCUT2D eigenvalue weighted by molar-refractivity contribution is 8.15. The van der Waals surface area contributed by atoms with Crippen LogP contribution in [0.5, 0.6) is 5.75 Å². The molecule has 1 aliphatic rings. The molecule has 12 heteroatoms. The molecule has 220 valence electrons. The van der Waals surface area contributed by atoms with Gasteiger partial charge in [0.05, 0.1) is 17.2 Å². The van der Waals surface area contributed by atoms with Gasteiger partial charge in [-0.1, -0.05) is 68.1 Å². The Balaban J connectivity index is 1.44. The van der Waals surface area contributed by atoms with Gasteiger partial charge < -0.3 is 15.6 Å². The maximum absolute atomic E-state index is 12.3. The number of nitrogens with zero attached hydrogens (tertiary/aromatic N) is 5. The number of thioether (sulfide) groups is 1. The number of nitrogens with two attached hydrogens (primary N) is 1. The van der Waals surface area contributed by atoms with Crippen LogP contribution < -0.4 is 15.4 Å². The molecule has 0 aliphatic carbocycles. The number of aliphatic imine (C=N–C) groups is 2. The van der Waals surface area contributed by atoms with Crippen LogP contribution in [0.3, 0.4) is 0 Å². The fourth-order valence-electron chi connectivity index (χ4n) is 4.14. The molecule has 0 spiro atoms. The largest absolute Gasteiger partial charge is 0.573 e. The number of hydrogen-bond acceptors (Lipinski definition) is 6. The summed E-state index contributed by atoms with van der Waals surface area (Å²) in [7, 11) is 0. The number of hydrogen-bond donors (Lipinski definition) is 2. The van der Waals surface area contributed by atoms with E-state index in [-0.39, 0.29) is 22.8 Å². The van der Waals surface area contributed by atoms with E-state index in [2.05, 4.69) is 44.8 Å². The number of aliphatic hydroxyl groups is 1. The molecule has 0 saturated carbocycles. The first-order valence-corrected chi connectivity index (χ1v) is 13.9. The summed E-state index contributed by atoms with van der Waals surface area (Å²) < 4.78 is 40.7. The first-order chi connectivity index (χ1) is 19.8. The molecular formula is C30H31F3N6O2S. The normalized spacial score (nSPS) is 20.9. The highest BCUT2D eigenvalue weighted by Crippen LogP contribution is 2.43. The van der Waals surface area contributed by atoms with E-state index in [0.29, 0.717) is 16.4 Å². The summed E-state index contributed by atoms with van der Waals surface area (Å²) in [6.07, 6.45) is -1.92. The fourth-order valence-corrected chi connectivity index (χ4v) is 5.27. The van der Waals surface area contributed by atoms with E-state index in [1.165, 1.54) is 30.2 Å². The molecule has 3 aromatic carbocycles. The Kier molecular flexibility index (Phi) is 9.37. The topological polar surface area (TPSA) is 108 Å². The minimum absolute atomic E-state index is 0.125. The Morgan fingerprint density at radius 3 is 2.38 bits per heavy atom. The summed E-state index contributed by atoms with van der Waals surface area (Å²) in [6, 6.07) is 20.2. The van der Waals surface area contributed by atoms with Crippen LogP contribution in [0, 0.1) is 0 Å². The van der Waals surface area contributed by atoms with Gasteiger partial charge in [0.2, 0.25) is 0 Å². The second-order valence-corrected chi connectivity index (χ2v) is 11.3. The minimum Gasteiger partial charge on any atom is -0.406 e. The maximum atomic E-state index is 12.3. The van der Waals surface area contributed by atoms with Gasteiger partial charge in [-0.05, 0) is 61.2 Å². The van der Waals surface area contributed by atoms with Gasteiger partial charge in [0.1, 0.15) is 17.9 Å².